The maximum atomic E-state index is 13.7. The lowest BCUT2D eigenvalue weighted by Gasteiger charge is -2.37. The van der Waals surface area contributed by atoms with E-state index in [1.165, 1.54) is 4.90 Å². The van der Waals surface area contributed by atoms with Gasteiger partial charge < -0.3 is 19.9 Å². The Balaban J connectivity index is 1.98. The molecule has 1 aliphatic rings. The normalized spacial score (nSPS) is 26.1. The fraction of sp³-hybridized carbons (Fsp3) is 0.480. The Morgan fingerprint density at radius 3 is 2.65 bits per heavy atom. The van der Waals surface area contributed by atoms with Crippen molar-refractivity contribution in [1.82, 2.24) is 15.1 Å². The maximum absolute atomic E-state index is 13.7. The van der Waals surface area contributed by atoms with Crippen molar-refractivity contribution in [2.75, 3.05) is 26.6 Å². The van der Waals surface area contributed by atoms with Crippen molar-refractivity contribution < 1.29 is 38.6 Å². The van der Waals surface area contributed by atoms with E-state index in [4.69, 9.17) is 29.4 Å². The van der Waals surface area contributed by atoms with Gasteiger partial charge in [-0.05, 0) is 74.1 Å². The molecule has 0 aliphatic carbocycles. The Labute approximate surface area is 210 Å². The van der Waals surface area contributed by atoms with Crippen molar-refractivity contribution in [1.29, 1.82) is 0 Å². The maximum Gasteiger partial charge on any atom is 0.318 e. The molecule has 1 fully saturated rings. The molecule has 0 bridgehead atoms. The number of carbonyl (C=O) groups is 1. The van der Waals surface area contributed by atoms with E-state index < -0.39 is 99.5 Å². The quantitative estimate of drug-likeness (QED) is 0.642. The molecule has 2 amide bonds. The predicted molar refractivity (Wildman–Crippen MR) is 121 cm³/mol. The van der Waals surface area contributed by atoms with Crippen LogP contribution in [0, 0.1) is 11.7 Å². The zero-order valence-electron chi connectivity index (χ0n) is 34.5. The summed E-state index contributed by atoms with van der Waals surface area (Å²) in [7, 11) is 0. The highest BCUT2D eigenvalue weighted by Gasteiger charge is 2.27. The number of benzene rings is 2. The summed E-state index contributed by atoms with van der Waals surface area (Å²) in [6.07, 6.45) is 0.0390. The molecule has 2 aromatic rings. The molecule has 1 heterocycles. The summed E-state index contributed by atoms with van der Waals surface area (Å²) in [5, 5.41) is 2.34. The molecule has 2 aromatic carbocycles. The summed E-state index contributed by atoms with van der Waals surface area (Å²) in [6, 6.07) is -1.79. The number of likely N-dealkylation sites (tertiary alicyclic amines) is 1. The first-order valence-electron chi connectivity index (χ1n) is 18.5. The SMILES string of the molecule is [2H]c1c([2H])c(OC([2H])([2H])C([2H])(C([2H])([2H])[2H])C([2H])([2H])[2H])c([2H])c([2H])c1CNC(=O)N(C1CCN(C([2H])([2H])[2H])CC1)C([2H])([2H])c1ccc(F)cc1. The summed E-state index contributed by atoms with van der Waals surface area (Å²) in [4.78, 5) is 15.7. The summed E-state index contributed by atoms with van der Waals surface area (Å²) < 4.78 is 162. The van der Waals surface area contributed by atoms with Crippen LogP contribution in [0.4, 0.5) is 9.18 Å². The monoisotopic (exact) mass is 445 g/mol. The zero-order valence-corrected chi connectivity index (χ0v) is 16.5. The molecule has 1 aliphatic heterocycles. The lowest BCUT2D eigenvalue weighted by atomic mass is 10.0. The van der Waals surface area contributed by atoms with Crippen LogP contribution in [-0.4, -0.2) is 48.5 Å². The van der Waals surface area contributed by atoms with Crippen LogP contribution in [0.3, 0.4) is 0 Å². The van der Waals surface area contributed by atoms with Crippen LogP contribution in [0.15, 0.2) is 48.4 Å². The van der Waals surface area contributed by atoms with Crippen molar-refractivity contribution >= 4 is 6.03 Å². The number of halogens is 1. The second-order valence-electron chi connectivity index (χ2n) is 6.75. The Morgan fingerprint density at radius 2 is 2.00 bits per heavy atom. The highest BCUT2D eigenvalue weighted by molar-refractivity contribution is 5.74. The highest BCUT2D eigenvalue weighted by Crippen LogP contribution is 2.19. The van der Waals surface area contributed by atoms with Crippen LogP contribution >= 0.6 is 0 Å². The molecule has 0 unspecified atom stereocenters. The first kappa shape index (κ1) is 9.10. The minimum Gasteiger partial charge on any atom is -0.493 e. The largest absolute Gasteiger partial charge is 0.493 e. The molecular formula is C25H34FN3O2. The van der Waals surface area contributed by atoms with Gasteiger partial charge in [-0.1, -0.05) is 37.9 Å². The summed E-state index contributed by atoms with van der Waals surface area (Å²) in [5.41, 5.74) is -0.624. The molecule has 0 atom stereocenters. The molecule has 1 N–H and O–H groups in total. The average Bonchev–Trinajstić information content (AvgIpc) is 2.96. The first-order valence-corrected chi connectivity index (χ1v) is 9.46. The van der Waals surface area contributed by atoms with Crippen LogP contribution in [0.5, 0.6) is 5.75 Å². The van der Waals surface area contributed by atoms with Crippen LogP contribution in [0.1, 0.15) is 62.3 Å². The Kier molecular flexibility index (Phi) is 3.27. The number of piperidine rings is 1. The average molecular weight is 446 g/mol. The topological polar surface area (TPSA) is 44.8 Å². The van der Waals surface area contributed by atoms with E-state index in [1.54, 1.807) is 0 Å². The lowest BCUT2D eigenvalue weighted by molar-refractivity contribution is 0.127. The number of urea groups is 1. The van der Waals surface area contributed by atoms with Crippen molar-refractivity contribution in [2.24, 2.45) is 5.89 Å². The summed E-state index contributed by atoms with van der Waals surface area (Å²) in [5.74, 6) is -5.80. The highest BCUT2D eigenvalue weighted by atomic mass is 19.1. The second kappa shape index (κ2) is 11.1. The van der Waals surface area contributed by atoms with E-state index in [0.29, 0.717) is 0 Å². The van der Waals surface area contributed by atoms with Gasteiger partial charge in [0.2, 0.25) is 0 Å². The Bertz CT molecular complexity index is 1480. The first-order chi connectivity index (χ1) is 22.1. The second-order valence-corrected chi connectivity index (χ2v) is 6.75. The van der Waals surface area contributed by atoms with Gasteiger partial charge in [0.05, 0.1) is 17.5 Å². The van der Waals surface area contributed by atoms with Crippen molar-refractivity contribution in [3.63, 3.8) is 0 Å². The molecule has 1 saturated heterocycles. The third-order valence-corrected chi connectivity index (χ3v) is 4.47. The summed E-state index contributed by atoms with van der Waals surface area (Å²) >= 11 is 0. The minimum absolute atomic E-state index is 0.0195. The Morgan fingerprint density at radius 1 is 1.29 bits per heavy atom. The standard InChI is InChI=1S/C25H34FN3O2/c1-19(2)18-31-24-10-6-20(7-11-24)16-27-25(30)29(23-12-14-28(3)15-13-23)17-21-4-8-22(26)9-5-21/h4-11,19,23H,12-18H2,1-3H3,(H,27,30)/i1D3,2D3,3D3,6D,7D,10D,11D,17D2,18D2,19D. The smallest absolute Gasteiger partial charge is 0.318 e. The Hall–Kier alpha value is -2.60. The van der Waals surface area contributed by atoms with Gasteiger partial charge in [-0.25, -0.2) is 9.18 Å². The van der Waals surface area contributed by atoms with Crippen molar-refractivity contribution in [3.05, 3.63) is 65.4 Å². The van der Waals surface area contributed by atoms with Gasteiger partial charge in [0.25, 0.3) is 0 Å². The van der Waals surface area contributed by atoms with Crippen LogP contribution in [0.2, 0.25) is 0 Å². The van der Waals surface area contributed by atoms with Gasteiger partial charge >= 0.3 is 6.03 Å². The van der Waals surface area contributed by atoms with Crippen LogP contribution < -0.4 is 10.1 Å². The molecule has 6 heteroatoms. The third kappa shape index (κ3) is 7.24. The van der Waals surface area contributed by atoms with Gasteiger partial charge in [0.15, 0.2) is 0 Å². The number of ether oxygens (including phenoxy) is 1. The fourth-order valence-corrected chi connectivity index (χ4v) is 2.91. The fourth-order valence-electron chi connectivity index (χ4n) is 2.91. The number of nitrogens with one attached hydrogen (secondary N) is 1. The number of amides is 2. The molecule has 0 aromatic heterocycles. The van der Waals surface area contributed by atoms with E-state index in [1.807, 2.05) is 0 Å². The van der Waals surface area contributed by atoms with Gasteiger partial charge in [-0.2, -0.15) is 0 Å². The van der Waals surface area contributed by atoms with E-state index >= 15 is 0 Å². The number of rotatable bonds is 8. The molecule has 0 spiro atoms. The van der Waals surface area contributed by atoms with Crippen LogP contribution in [-0.2, 0) is 13.0 Å². The lowest BCUT2D eigenvalue weighted by Crippen LogP contribution is -2.49. The molecule has 168 valence electrons. The van der Waals surface area contributed by atoms with Gasteiger partial charge in [-0.15, -0.1) is 0 Å². The summed E-state index contributed by atoms with van der Waals surface area (Å²) in [6.45, 7) is -17.4. The van der Waals surface area contributed by atoms with Gasteiger partial charge in [0, 0.05) is 32.8 Å². The number of hydrogen-bond donors (Lipinski definition) is 1. The van der Waals surface area contributed by atoms with Gasteiger partial charge in [0.1, 0.15) is 11.6 Å². The van der Waals surface area contributed by atoms with Crippen LogP contribution in [0.25, 0.3) is 0 Å². The number of hydrogen-bond acceptors (Lipinski definition) is 3. The minimum atomic E-state index is -3.93. The van der Waals surface area contributed by atoms with Crippen molar-refractivity contribution in [3.8, 4) is 5.75 Å². The number of nitrogens with zero attached hydrogens (tertiary/aromatic N) is 2. The zero-order chi connectivity index (χ0) is 37.7. The third-order valence-electron chi connectivity index (χ3n) is 4.47. The molecular weight excluding hydrogens is 393 g/mol. The molecule has 5 nitrogen and oxygen atoms in total. The molecule has 3 rings (SSSR count). The van der Waals surface area contributed by atoms with Crippen molar-refractivity contribution in [2.45, 2.75) is 45.6 Å². The predicted octanol–water partition coefficient (Wildman–Crippen LogP) is 4.67. The van der Waals surface area contributed by atoms with E-state index in [0.717, 1.165) is 29.2 Å². The molecule has 0 saturated carbocycles. The molecule has 31 heavy (non-hydrogen) atoms. The molecule has 0 radical (unpaired) electrons. The van der Waals surface area contributed by atoms with E-state index in [9.17, 15) is 9.18 Å². The van der Waals surface area contributed by atoms with E-state index in [2.05, 4.69) is 5.32 Å². The number of carbonyl (C=O) groups excluding carboxylic acids is 1. The van der Waals surface area contributed by atoms with Gasteiger partial charge in [-0.3, -0.25) is 0 Å². The van der Waals surface area contributed by atoms with E-state index in [-0.39, 0.29) is 31.5 Å².